The maximum absolute atomic E-state index is 10.2. The zero-order chi connectivity index (χ0) is 46.8. The van der Waals surface area contributed by atoms with E-state index in [0.717, 1.165) is 57.8 Å². The molecule has 9 nitrogen and oxygen atoms in total. The molecule has 0 unspecified atom stereocenters. The van der Waals surface area contributed by atoms with E-state index >= 15 is 0 Å². The first-order valence-corrected chi connectivity index (χ1v) is 27.2. The number of hydrogen-bond acceptors (Lipinski definition) is 9. The van der Waals surface area contributed by atoms with Crippen LogP contribution in [0.25, 0.3) is 0 Å². The minimum Gasteiger partial charge on any atom is -0.550 e. The van der Waals surface area contributed by atoms with Gasteiger partial charge in [-0.2, -0.15) is 0 Å². The molecule has 0 aliphatic heterocycles. The smallest absolute Gasteiger partial charge is 0.550 e. The van der Waals surface area contributed by atoms with Crippen LogP contribution >= 0.6 is 0 Å². The number of aliphatic carboxylic acids is 3. The summed E-state index contributed by atoms with van der Waals surface area (Å²) in [5.74, 6) is -2.74. The summed E-state index contributed by atoms with van der Waals surface area (Å²) < 4.78 is 0. The molecule has 0 aliphatic rings. The van der Waals surface area contributed by atoms with Crippen LogP contribution in [0, 0.1) is 0 Å². The third-order valence-electron chi connectivity index (χ3n) is 12.1. The van der Waals surface area contributed by atoms with Crippen molar-refractivity contribution in [3.63, 3.8) is 0 Å². The molecule has 0 amide bonds. The molecule has 0 aromatic heterocycles. The summed E-state index contributed by atoms with van der Waals surface area (Å²) in [7, 11) is 0. The fourth-order valence-corrected chi connectivity index (χ4v) is 8.04. The average Bonchev–Trinajstić information content (AvgIpc) is 3.26. The third kappa shape index (κ3) is 78.0. The fourth-order valence-electron chi connectivity index (χ4n) is 8.04. The van der Waals surface area contributed by atoms with Crippen molar-refractivity contribution in [1.29, 1.82) is 0 Å². The Morgan fingerprint density at radius 1 is 0.203 bits per heavy atom. The summed E-state index contributed by atoms with van der Waals surface area (Å²) in [6, 6.07) is 0. The van der Waals surface area contributed by atoms with Crippen LogP contribution in [0.5, 0.6) is 0 Å². The van der Waals surface area contributed by atoms with Crippen molar-refractivity contribution in [2.45, 2.75) is 308 Å². The summed E-state index contributed by atoms with van der Waals surface area (Å²) in [6.45, 7) is 1.03. The van der Waals surface area contributed by atoms with Gasteiger partial charge in [0.25, 0.3) is 0 Å². The SMILES string of the molecule is O=C([O-])CCCCCCCCCCCCCCCCCO.O=C([O-])CCCCCCCCCCCCCCCCCO.O=C([O-])CCCCCCCCCCCCCCCCCO.[Fe+3]. The van der Waals surface area contributed by atoms with Gasteiger partial charge in [-0.05, 0) is 57.8 Å². The second-order valence-electron chi connectivity index (χ2n) is 18.4. The average molecular weight is 954 g/mol. The summed E-state index contributed by atoms with van der Waals surface area (Å²) in [5, 5.41) is 56.7. The zero-order valence-corrected chi connectivity index (χ0v) is 42.8. The van der Waals surface area contributed by atoms with Gasteiger partial charge in [-0.1, -0.05) is 250 Å². The molecule has 0 saturated carbocycles. The second-order valence-corrected chi connectivity index (χ2v) is 18.4. The molecule has 10 heteroatoms. The molecule has 0 fully saturated rings. The predicted octanol–water partition coefficient (Wildman–Crippen LogP) is 11.9. The van der Waals surface area contributed by atoms with Crippen LogP contribution in [-0.4, -0.2) is 53.0 Å². The molecule has 0 bridgehead atoms. The first-order chi connectivity index (χ1) is 30.8. The summed E-state index contributed by atoms with van der Waals surface area (Å²) in [5.41, 5.74) is 0. The summed E-state index contributed by atoms with van der Waals surface area (Å²) >= 11 is 0. The van der Waals surface area contributed by atoms with Crippen LogP contribution in [0.1, 0.15) is 308 Å². The van der Waals surface area contributed by atoms with Gasteiger partial charge >= 0.3 is 17.1 Å². The van der Waals surface area contributed by atoms with E-state index in [-0.39, 0.29) is 36.3 Å². The Bertz CT molecular complexity index is 766. The minimum absolute atomic E-state index is 0. The van der Waals surface area contributed by atoms with Crippen LogP contribution in [-0.2, 0) is 31.5 Å². The number of rotatable bonds is 51. The third-order valence-corrected chi connectivity index (χ3v) is 12.1. The second kappa shape index (κ2) is 66.1. The van der Waals surface area contributed by atoms with E-state index in [9.17, 15) is 29.7 Å². The van der Waals surface area contributed by atoms with Crippen LogP contribution < -0.4 is 15.3 Å². The van der Waals surface area contributed by atoms with E-state index in [4.69, 9.17) is 15.3 Å². The topological polar surface area (TPSA) is 181 Å². The molecular formula is C54H105FeO9. The molecule has 0 heterocycles. The molecule has 0 aromatic rings. The molecule has 0 aliphatic carbocycles. The first kappa shape index (κ1) is 69.4. The van der Waals surface area contributed by atoms with Crippen molar-refractivity contribution in [3.05, 3.63) is 0 Å². The fraction of sp³-hybridized carbons (Fsp3) is 0.944. The minimum atomic E-state index is -0.914. The Morgan fingerprint density at radius 2 is 0.297 bits per heavy atom. The van der Waals surface area contributed by atoms with Gasteiger partial charge in [-0.25, -0.2) is 0 Å². The Labute approximate surface area is 406 Å². The van der Waals surface area contributed by atoms with E-state index in [1.165, 1.54) is 231 Å². The molecular weight excluding hydrogens is 848 g/mol. The quantitative estimate of drug-likeness (QED) is 0.0395. The van der Waals surface area contributed by atoms with Crippen LogP contribution in [0.3, 0.4) is 0 Å². The van der Waals surface area contributed by atoms with Gasteiger partial charge in [0, 0.05) is 37.7 Å². The van der Waals surface area contributed by atoms with Gasteiger partial charge in [0.2, 0.25) is 0 Å². The Morgan fingerprint density at radius 3 is 0.391 bits per heavy atom. The van der Waals surface area contributed by atoms with E-state index in [2.05, 4.69) is 0 Å². The van der Waals surface area contributed by atoms with Crippen molar-refractivity contribution in [1.82, 2.24) is 0 Å². The molecule has 1 radical (unpaired) electrons. The molecule has 64 heavy (non-hydrogen) atoms. The monoisotopic (exact) mass is 954 g/mol. The van der Waals surface area contributed by atoms with Crippen LogP contribution in [0.15, 0.2) is 0 Å². The summed E-state index contributed by atoms with van der Waals surface area (Å²) in [4.78, 5) is 30.7. The number of carboxylic acids is 3. The molecule has 0 atom stereocenters. The number of hydrogen-bond donors (Lipinski definition) is 3. The van der Waals surface area contributed by atoms with Gasteiger partial charge in [0.05, 0.1) is 0 Å². The van der Waals surface area contributed by atoms with Gasteiger partial charge in [0.15, 0.2) is 0 Å². The maximum Gasteiger partial charge on any atom is 3.00 e. The molecule has 0 aromatic carbocycles. The summed E-state index contributed by atoms with van der Waals surface area (Å²) in [6.07, 6.45) is 55.9. The molecule has 383 valence electrons. The van der Waals surface area contributed by atoms with Gasteiger partial charge in [0.1, 0.15) is 0 Å². The van der Waals surface area contributed by atoms with Crippen molar-refractivity contribution in [2.75, 3.05) is 19.8 Å². The van der Waals surface area contributed by atoms with E-state index in [1.807, 2.05) is 0 Å². The van der Waals surface area contributed by atoms with Crippen molar-refractivity contribution >= 4 is 17.9 Å². The number of unbranched alkanes of at least 4 members (excludes halogenated alkanes) is 42. The number of carbonyl (C=O) groups excluding carboxylic acids is 3. The predicted molar refractivity (Wildman–Crippen MR) is 258 cm³/mol. The number of aliphatic hydroxyl groups excluding tert-OH is 3. The van der Waals surface area contributed by atoms with Crippen LogP contribution in [0.2, 0.25) is 0 Å². The van der Waals surface area contributed by atoms with Crippen molar-refractivity contribution < 1.29 is 62.1 Å². The normalized spacial score (nSPS) is 10.7. The molecule has 0 rings (SSSR count). The van der Waals surface area contributed by atoms with Crippen molar-refractivity contribution in [3.8, 4) is 0 Å². The Kier molecular flexibility index (Phi) is 71.6. The number of carboxylic acid groups (broad SMARTS) is 3. The Balaban J connectivity index is -0.000000419. The standard InChI is InChI=1S/3C18H36O3.Fe/c3*19-17-15-13-11-9-7-5-3-1-2-4-6-8-10-12-14-16-18(20)21;/h3*19H,1-17H2,(H,20,21);/q;;;+3/p-3. The van der Waals surface area contributed by atoms with E-state index in [1.54, 1.807) is 0 Å². The van der Waals surface area contributed by atoms with E-state index in [0.29, 0.717) is 19.8 Å². The largest absolute Gasteiger partial charge is 3.00 e. The van der Waals surface area contributed by atoms with Crippen LogP contribution in [0.4, 0.5) is 0 Å². The molecule has 3 N–H and O–H groups in total. The van der Waals surface area contributed by atoms with Crippen molar-refractivity contribution in [2.24, 2.45) is 0 Å². The van der Waals surface area contributed by atoms with E-state index < -0.39 is 17.9 Å². The molecule has 0 saturated heterocycles. The molecule has 0 spiro atoms. The van der Waals surface area contributed by atoms with Gasteiger partial charge in [-0.15, -0.1) is 0 Å². The van der Waals surface area contributed by atoms with Gasteiger partial charge in [-0.3, -0.25) is 0 Å². The zero-order valence-electron chi connectivity index (χ0n) is 41.7. The number of aliphatic hydroxyl groups is 3. The maximum atomic E-state index is 10.2. The van der Waals surface area contributed by atoms with Gasteiger partial charge < -0.3 is 45.0 Å². The first-order valence-electron chi connectivity index (χ1n) is 27.2. The number of carbonyl (C=O) groups is 3. The Hall–Kier alpha value is -1.19.